The molecule has 0 aromatic rings. The highest BCUT2D eigenvalue weighted by Gasteiger charge is 2.18. The second-order valence-corrected chi connectivity index (χ2v) is 4.02. The Balaban J connectivity index is 2.12. The highest BCUT2D eigenvalue weighted by molar-refractivity contribution is 5.77. The number of allylic oxidation sites excluding steroid dienone is 2. The van der Waals surface area contributed by atoms with Crippen molar-refractivity contribution >= 4 is 5.91 Å². The zero-order valence-electron chi connectivity index (χ0n) is 9.87. The molecule has 4 heteroatoms. The van der Waals surface area contributed by atoms with Gasteiger partial charge in [0.05, 0.1) is 12.4 Å². The number of likely N-dealkylation sites (tertiary alicyclic amines) is 1. The van der Waals surface area contributed by atoms with Crippen molar-refractivity contribution in [2.75, 3.05) is 19.7 Å². The molecule has 1 amide bonds. The second kappa shape index (κ2) is 6.20. The quantitative estimate of drug-likeness (QED) is 0.421. The van der Waals surface area contributed by atoms with Crippen LogP contribution in [0, 0.1) is 0 Å². The zero-order valence-corrected chi connectivity index (χ0v) is 9.87. The molecule has 4 nitrogen and oxygen atoms in total. The summed E-state index contributed by atoms with van der Waals surface area (Å²) in [6.07, 6.45) is 4.24. The maximum absolute atomic E-state index is 11.3. The molecule has 1 fully saturated rings. The van der Waals surface area contributed by atoms with Gasteiger partial charge >= 0.3 is 0 Å². The van der Waals surface area contributed by atoms with Crippen LogP contribution in [-0.4, -0.2) is 30.5 Å². The van der Waals surface area contributed by atoms with Gasteiger partial charge in [0.15, 0.2) is 0 Å². The molecule has 16 heavy (non-hydrogen) atoms. The summed E-state index contributed by atoms with van der Waals surface area (Å²) < 4.78 is 5.43. The Kier molecular flexibility index (Phi) is 4.89. The molecular formula is C12H20N2O2. The SMILES string of the molecule is C=C(N)/C=C(\C)OCCCN1CCCC1=O. The van der Waals surface area contributed by atoms with E-state index in [9.17, 15) is 4.79 Å². The lowest BCUT2D eigenvalue weighted by Gasteiger charge is -2.15. The molecule has 0 aromatic heterocycles. The Morgan fingerprint density at radius 2 is 2.44 bits per heavy atom. The van der Waals surface area contributed by atoms with E-state index in [0.29, 0.717) is 18.7 Å². The first kappa shape index (κ1) is 12.6. The van der Waals surface area contributed by atoms with E-state index >= 15 is 0 Å². The molecule has 0 atom stereocenters. The fourth-order valence-corrected chi connectivity index (χ4v) is 1.73. The molecule has 1 rings (SSSR count). The van der Waals surface area contributed by atoms with Gasteiger partial charge in [-0.25, -0.2) is 0 Å². The van der Waals surface area contributed by atoms with Crippen molar-refractivity contribution in [3.63, 3.8) is 0 Å². The third-order valence-electron chi connectivity index (χ3n) is 2.46. The molecule has 0 unspecified atom stereocenters. The highest BCUT2D eigenvalue weighted by Crippen LogP contribution is 2.10. The Morgan fingerprint density at radius 3 is 3.00 bits per heavy atom. The van der Waals surface area contributed by atoms with Gasteiger partial charge in [-0.15, -0.1) is 0 Å². The number of carbonyl (C=O) groups is 1. The molecule has 0 spiro atoms. The average Bonchev–Trinajstić information content (AvgIpc) is 2.58. The van der Waals surface area contributed by atoms with Gasteiger partial charge in [-0.1, -0.05) is 6.58 Å². The van der Waals surface area contributed by atoms with Crippen LogP contribution in [0.2, 0.25) is 0 Å². The van der Waals surface area contributed by atoms with Gasteiger partial charge in [0.25, 0.3) is 0 Å². The lowest BCUT2D eigenvalue weighted by molar-refractivity contribution is -0.127. The number of nitrogens with zero attached hydrogens (tertiary/aromatic N) is 1. The zero-order chi connectivity index (χ0) is 12.0. The van der Waals surface area contributed by atoms with Crippen LogP contribution in [0.5, 0.6) is 0 Å². The maximum Gasteiger partial charge on any atom is 0.222 e. The van der Waals surface area contributed by atoms with Gasteiger partial charge in [0.2, 0.25) is 5.91 Å². The van der Waals surface area contributed by atoms with Crippen LogP contribution in [0.1, 0.15) is 26.2 Å². The van der Waals surface area contributed by atoms with Gasteiger partial charge < -0.3 is 15.4 Å². The molecule has 1 aliphatic rings. The third kappa shape index (κ3) is 4.38. The summed E-state index contributed by atoms with van der Waals surface area (Å²) in [4.78, 5) is 13.2. The largest absolute Gasteiger partial charge is 0.498 e. The molecule has 1 heterocycles. The summed E-state index contributed by atoms with van der Waals surface area (Å²) >= 11 is 0. The van der Waals surface area contributed by atoms with Crippen LogP contribution < -0.4 is 5.73 Å². The van der Waals surface area contributed by atoms with Crippen LogP contribution in [0.3, 0.4) is 0 Å². The van der Waals surface area contributed by atoms with Gasteiger partial charge in [-0.3, -0.25) is 4.79 Å². The molecule has 2 N–H and O–H groups in total. The fraction of sp³-hybridized carbons (Fsp3) is 0.583. The Labute approximate surface area is 96.7 Å². The third-order valence-corrected chi connectivity index (χ3v) is 2.46. The lowest BCUT2D eigenvalue weighted by Crippen LogP contribution is -2.26. The molecule has 0 bridgehead atoms. The summed E-state index contributed by atoms with van der Waals surface area (Å²) in [6, 6.07) is 0. The summed E-state index contributed by atoms with van der Waals surface area (Å²) in [5.41, 5.74) is 5.90. The topological polar surface area (TPSA) is 55.6 Å². The van der Waals surface area contributed by atoms with Crippen LogP contribution in [0.25, 0.3) is 0 Å². The van der Waals surface area contributed by atoms with Crippen molar-refractivity contribution in [2.45, 2.75) is 26.2 Å². The minimum atomic E-state index is 0.266. The molecule has 0 saturated carbocycles. The predicted octanol–water partition coefficient (Wildman–Crippen LogP) is 1.39. The minimum Gasteiger partial charge on any atom is -0.498 e. The maximum atomic E-state index is 11.3. The average molecular weight is 224 g/mol. The van der Waals surface area contributed by atoms with E-state index in [0.717, 1.165) is 31.7 Å². The lowest BCUT2D eigenvalue weighted by atomic mass is 10.4. The van der Waals surface area contributed by atoms with Gasteiger partial charge in [0.1, 0.15) is 0 Å². The number of rotatable bonds is 6. The van der Waals surface area contributed by atoms with Crippen LogP contribution in [-0.2, 0) is 9.53 Å². The summed E-state index contributed by atoms with van der Waals surface area (Å²) in [5, 5.41) is 0. The number of hydrogen-bond donors (Lipinski definition) is 1. The summed E-state index contributed by atoms with van der Waals surface area (Å²) in [5.74, 6) is 1.03. The highest BCUT2D eigenvalue weighted by atomic mass is 16.5. The van der Waals surface area contributed by atoms with Crippen molar-refractivity contribution in [3.05, 3.63) is 24.1 Å². The van der Waals surface area contributed by atoms with Crippen LogP contribution >= 0.6 is 0 Å². The predicted molar refractivity (Wildman–Crippen MR) is 63.5 cm³/mol. The Hall–Kier alpha value is -1.45. The van der Waals surface area contributed by atoms with E-state index in [4.69, 9.17) is 10.5 Å². The van der Waals surface area contributed by atoms with Gasteiger partial charge in [-0.2, -0.15) is 0 Å². The molecule has 0 aromatic carbocycles. The smallest absolute Gasteiger partial charge is 0.222 e. The van der Waals surface area contributed by atoms with E-state index in [2.05, 4.69) is 6.58 Å². The standard InChI is InChI=1S/C12H20N2O2/c1-10(13)9-11(2)16-8-4-7-14-6-3-5-12(14)15/h9H,1,3-8,13H2,2H3/b11-9+. The van der Waals surface area contributed by atoms with E-state index in [-0.39, 0.29) is 5.91 Å². The number of nitrogens with two attached hydrogens (primary N) is 1. The summed E-state index contributed by atoms with van der Waals surface area (Å²) in [6.45, 7) is 7.71. The summed E-state index contributed by atoms with van der Waals surface area (Å²) in [7, 11) is 0. The number of hydrogen-bond acceptors (Lipinski definition) is 3. The van der Waals surface area contributed by atoms with Crippen molar-refractivity contribution in [2.24, 2.45) is 5.73 Å². The van der Waals surface area contributed by atoms with Crippen LogP contribution in [0.4, 0.5) is 0 Å². The first-order valence-corrected chi connectivity index (χ1v) is 5.63. The molecule has 0 aliphatic carbocycles. The van der Waals surface area contributed by atoms with Crippen molar-refractivity contribution in [3.8, 4) is 0 Å². The monoisotopic (exact) mass is 224 g/mol. The van der Waals surface area contributed by atoms with Crippen molar-refractivity contribution in [1.29, 1.82) is 0 Å². The van der Waals surface area contributed by atoms with E-state index in [1.807, 2.05) is 11.8 Å². The van der Waals surface area contributed by atoms with Crippen molar-refractivity contribution in [1.82, 2.24) is 4.90 Å². The normalized spacial score (nSPS) is 16.7. The number of carbonyl (C=O) groups excluding carboxylic acids is 1. The van der Waals surface area contributed by atoms with E-state index in [1.54, 1.807) is 6.08 Å². The van der Waals surface area contributed by atoms with Gasteiger partial charge in [0, 0.05) is 25.2 Å². The molecule has 1 saturated heterocycles. The van der Waals surface area contributed by atoms with E-state index < -0.39 is 0 Å². The molecule has 0 radical (unpaired) electrons. The van der Waals surface area contributed by atoms with E-state index in [1.165, 1.54) is 0 Å². The molecular weight excluding hydrogens is 204 g/mol. The number of ether oxygens (including phenoxy) is 1. The Morgan fingerprint density at radius 1 is 1.69 bits per heavy atom. The minimum absolute atomic E-state index is 0.266. The van der Waals surface area contributed by atoms with Crippen molar-refractivity contribution < 1.29 is 9.53 Å². The van der Waals surface area contributed by atoms with Gasteiger partial charge in [-0.05, 0) is 25.8 Å². The fourth-order valence-electron chi connectivity index (χ4n) is 1.73. The molecule has 90 valence electrons. The first-order chi connectivity index (χ1) is 7.59. The first-order valence-electron chi connectivity index (χ1n) is 5.63. The second-order valence-electron chi connectivity index (χ2n) is 4.02. The van der Waals surface area contributed by atoms with Crippen LogP contribution in [0.15, 0.2) is 24.1 Å². The Bertz CT molecular complexity index is 297. The number of amides is 1. The molecule has 1 aliphatic heterocycles.